The number of aromatic nitrogens is 4. The molecule has 10 heteroatoms. The lowest BCUT2D eigenvalue weighted by Crippen LogP contribution is -2.25. The maximum atomic E-state index is 12.2. The highest BCUT2D eigenvalue weighted by atomic mass is 32.2. The number of hydrogen-bond donors (Lipinski definition) is 4. The summed E-state index contributed by atoms with van der Waals surface area (Å²) >= 11 is 0. The van der Waals surface area contributed by atoms with Gasteiger partial charge in [-0.1, -0.05) is 0 Å². The minimum Gasteiger partial charge on any atom is -0.324 e. The van der Waals surface area contributed by atoms with Gasteiger partial charge in [-0.25, -0.2) is 18.1 Å². The second kappa shape index (κ2) is 7.12. The quantitative estimate of drug-likeness (QED) is 0.449. The molecule has 0 spiro atoms. The summed E-state index contributed by atoms with van der Waals surface area (Å²) in [4.78, 5) is 8.90. The number of nitrogens with one attached hydrogen (secondary N) is 4. The number of H-pyrrole nitrogens is 1. The second-order valence-corrected chi connectivity index (χ2v) is 9.13. The highest BCUT2D eigenvalue weighted by Crippen LogP contribution is 2.39. The Kier molecular flexibility index (Phi) is 4.44. The SMILES string of the molecule is O=S(=O)(NC1CC1)c1ccc(Nc2nccc(Nc3cc(C4CC4)[nH]n3)n2)cc1. The fraction of sp³-hybridized carbons (Fsp3) is 0.316. The molecule has 1 aromatic carbocycles. The summed E-state index contributed by atoms with van der Waals surface area (Å²) in [6, 6.07) is 10.4. The molecular weight excluding hydrogens is 390 g/mol. The molecule has 29 heavy (non-hydrogen) atoms. The zero-order chi connectivity index (χ0) is 19.8. The Hall–Kier alpha value is -2.98. The highest BCUT2D eigenvalue weighted by Gasteiger charge is 2.28. The summed E-state index contributed by atoms with van der Waals surface area (Å²) in [5.74, 6) is 2.34. The molecule has 9 nitrogen and oxygen atoms in total. The van der Waals surface area contributed by atoms with Crippen LogP contribution >= 0.6 is 0 Å². The van der Waals surface area contributed by atoms with Crippen LogP contribution in [0.4, 0.5) is 23.3 Å². The molecule has 150 valence electrons. The van der Waals surface area contributed by atoms with Crippen molar-refractivity contribution in [1.29, 1.82) is 0 Å². The smallest absolute Gasteiger partial charge is 0.240 e. The zero-order valence-electron chi connectivity index (χ0n) is 15.6. The molecule has 2 fully saturated rings. The van der Waals surface area contributed by atoms with Gasteiger partial charge >= 0.3 is 0 Å². The van der Waals surface area contributed by atoms with Crippen LogP contribution in [0.2, 0.25) is 0 Å². The van der Waals surface area contributed by atoms with Crippen LogP contribution < -0.4 is 15.4 Å². The van der Waals surface area contributed by atoms with Gasteiger partial charge in [0.15, 0.2) is 5.82 Å². The summed E-state index contributed by atoms with van der Waals surface area (Å²) in [6.07, 6.45) is 5.87. The fourth-order valence-corrected chi connectivity index (χ4v) is 4.26. The summed E-state index contributed by atoms with van der Waals surface area (Å²) in [5.41, 5.74) is 1.84. The van der Waals surface area contributed by atoms with Crippen molar-refractivity contribution in [1.82, 2.24) is 24.9 Å². The molecule has 5 rings (SSSR count). The largest absolute Gasteiger partial charge is 0.324 e. The van der Waals surface area contributed by atoms with E-state index in [0.717, 1.165) is 18.5 Å². The Labute approximate surface area is 168 Å². The van der Waals surface area contributed by atoms with E-state index in [-0.39, 0.29) is 10.9 Å². The van der Waals surface area contributed by atoms with E-state index in [4.69, 9.17) is 0 Å². The standard InChI is InChI=1S/C19H21N7O2S/c27-29(28,26-14-3-4-14)15-7-5-13(6-8-15)21-19-20-10-9-17(23-19)22-18-11-16(24-25-18)12-1-2-12/h5-12,14,26H,1-4H2,(H3,20,21,22,23,24,25). The van der Waals surface area contributed by atoms with Crippen molar-refractivity contribution in [3.05, 3.63) is 48.3 Å². The Balaban J connectivity index is 1.25. The van der Waals surface area contributed by atoms with E-state index in [2.05, 4.69) is 35.5 Å². The molecule has 2 aliphatic rings. The van der Waals surface area contributed by atoms with Crippen LogP contribution in [0.25, 0.3) is 0 Å². The number of hydrogen-bond acceptors (Lipinski definition) is 7. The van der Waals surface area contributed by atoms with Crippen molar-refractivity contribution in [3.63, 3.8) is 0 Å². The molecular formula is C19H21N7O2S. The lowest BCUT2D eigenvalue weighted by atomic mass is 10.3. The predicted molar refractivity (Wildman–Crippen MR) is 109 cm³/mol. The van der Waals surface area contributed by atoms with Gasteiger partial charge in [-0.05, 0) is 56.0 Å². The maximum Gasteiger partial charge on any atom is 0.240 e. The van der Waals surface area contributed by atoms with Crippen LogP contribution in [0.1, 0.15) is 37.3 Å². The lowest BCUT2D eigenvalue weighted by molar-refractivity contribution is 0.581. The second-order valence-electron chi connectivity index (χ2n) is 7.42. The summed E-state index contributed by atoms with van der Waals surface area (Å²) in [5, 5.41) is 13.6. The van der Waals surface area contributed by atoms with Crippen molar-refractivity contribution in [2.75, 3.05) is 10.6 Å². The number of anilines is 4. The van der Waals surface area contributed by atoms with Gasteiger partial charge in [-0.2, -0.15) is 10.1 Å². The zero-order valence-corrected chi connectivity index (χ0v) is 16.4. The van der Waals surface area contributed by atoms with E-state index in [1.165, 1.54) is 12.8 Å². The molecule has 0 bridgehead atoms. The first kappa shape index (κ1) is 18.1. The summed E-state index contributed by atoms with van der Waals surface area (Å²) in [6.45, 7) is 0. The first-order valence-electron chi connectivity index (χ1n) is 9.60. The summed E-state index contributed by atoms with van der Waals surface area (Å²) < 4.78 is 27.2. The van der Waals surface area contributed by atoms with Gasteiger partial charge < -0.3 is 10.6 Å². The van der Waals surface area contributed by atoms with E-state index in [1.54, 1.807) is 36.5 Å². The third-order valence-corrected chi connectivity index (χ3v) is 6.38. The van der Waals surface area contributed by atoms with Crippen LogP contribution in [0.5, 0.6) is 0 Å². The average molecular weight is 411 g/mol. The van der Waals surface area contributed by atoms with Gasteiger partial charge in [0.2, 0.25) is 16.0 Å². The number of aromatic amines is 1. The monoisotopic (exact) mass is 411 g/mol. The molecule has 0 unspecified atom stereocenters. The van der Waals surface area contributed by atoms with Crippen LogP contribution in [0.3, 0.4) is 0 Å². The number of rotatable bonds is 8. The van der Waals surface area contributed by atoms with Crippen LogP contribution in [0.15, 0.2) is 47.5 Å². The van der Waals surface area contributed by atoms with Crippen molar-refractivity contribution < 1.29 is 8.42 Å². The maximum absolute atomic E-state index is 12.2. The summed E-state index contributed by atoms with van der Waals surface area (Å²) in [7, 11) is -3.46. The fourth-order valence-electron chi connectivity index (χ4n) is 2.96. The molecule has 4 N–H and O–H groups in total. The molecule has 0 atom stereocenters. The first-order valence-corrected chi connectivity index (χ1v) is 11.1. The van der Waals surface area contributed by atoms with Gasteiger partial charge in [-0.15, -0.1) is 0 Å². The Bertz CT molecular complexity index is 1120. The van der Waals surface area contributed by atoms with Gasteiger partial charge in [0.1, 0.15) is 5.82 Å². The number of benzene rings is 1. The third kappa shape index (κ3) is 4.38. The van der Waals surface area contributed by atoms with Gasteiger partial charge in [0.25, 0.3) is 0 Å². The van der Waals surface area contributed by atoms with Crippen molar-refractivity contribution in [2.45, 2.75) is 42.5 Å². The molecule has 0 aliphatic heterocycles. The van der Waals surface area contributed by atoms with Crippen molar-refractivity contribution >= 4 is 33.3 Å². The normalized spacial score (nSPS) is 16.6. The van der Waals surface area contributed by atoms with E-state index in [9.17, 15) is 8.42 Å². The topological polar surface area (TPSA) is 125 Å². The molecule has 3 aromatic rings. The van der Waals surface area contributed by atoms with Crippen molar-refractivity contribution in [2.24, 2.45) is 0 Å². The van der Waals surface area contributed by atoms with Crippen LogP contribution in [-0.4, -0.2) is 34.6 Å². The molecule has 0 saturated heterocycles. The van der Waals surface area contributed by atoms with Crippen molar-refractivity contribution in [3.8, 4) is 0 Å². The van der Waals surface area contributed by atoms with Crippen LogP contribution in [-0.2, 0) is 10.0 Å². The predicted octanol–water partition coefficient (Wildman–Crippen LogP) is 3.01. The van der Waals surface area contributed by atoms with Crippen LogP contribution in [0, 0.1) is 0 Å². The number of sulfonamides is 1. The minimum atomic E-state index is -3.46. The lowest BCUT2D eigenvalue weighted by Gasteiger charge is -2.09. The first-order chi connectivity index (χ1) is 14.0. The van der Waals surface area contributed by atoms with E-state index < -0.39 is 10.0 Å². The Morgan fingerprint density at radius 3 is 2.48 bits per heavy atom. The molecule has 0 amide bonds. The average Bonchev–Trinajstić information content (AvgIpc) is 3.63. The van der Waals surface area contributed by atoms with E-state index in [1.807, 2.05) is 6.07 Å². The molecule has 2 heterocycles. The molecule has 2 aliphatic carbocycles. The van der Waals surface area contributed by atoms with Gasteiger partial charge in [0.05, 0.1) is 4.90 Å². The minimum absolute atomic E-state index is 0.0799. The van der Waals surface area contributed by atoms with Gasteiger partial charge in [0, 0.05) is 35.6 Å². The molecule has 2 aromatic heterocycles. The third-order valence-electron chi connectivity index (χ3n) is 4.85. The van der Waals surface area contributed by atoms with Gasteiger partial charge in [-0.3, -0.25) is 5.10 Å². The Morgan fingerprint density at radius 1 is 0.966 bits per heavy atom. The number of nitrogens with zero attached hydrogens (tertiary/aromatic N) is 3. The molecule has 2 saturated carbocycles. The highest BCUT2D eigenvalue weighted by molar-refractivity contribution is 7.89. The van der Waals surface area contributed by atoms with E-state index >= 15 is 0 Å². The Morgan fingerprint density at radius 2 is 1.76 bits per heavy atom. The molecule has 0 radical (unpaired) electrons. The van der Waals surface area contributed by atoms with E-state index in [0.29, 0.717) is 29.2 Å².